The number of aromatic nitrogens is 2. The summed E-state index contributed by atoms with van der Waals surface area (Å²) in [5.41, 5.74) is 2.64. The van der Waals surface area contributed by atoms with Crippen LogP contribution in [0.4, 0.5) is 11.4 Å². The molecule has 6 nitrogen and oxygen atoms in total. The number of nitrogens with one attached hydrogen (secondary N) is 1. The van der Waals surface area contributed by atoms with E-state index in [0.29, 0.717) is 12.2 Å². The Labute approximate surface area is 117 Å². The summed E-state index contributed by atoms with van der Waals surface area (Å²) < 4.78 is 1.91. The van der Waals surface area contributed by atoms with Gasteiger partial charge in [0.15, 0.2) is 0 Å². The molecule has 1 aromatic heterocycles. The Morgan fingerprint density at radius 2 is 2.20 bits per heavy atom. The first-order chi connectivity index (χ1) is 9.61. The van der Waals surface area contributed by atoms with E-state index < -0.39 is 0 Å². The zero-order chi connectivity index (χ0) is 14.5. The quantitative estimate of drug-likeness (QED) is 0.648. The van der Waals surface area contributed by atoms with Gasteiger partial charge in [-0.1, -0.05) is 13.0 Å². The topological polar surface area (TPSA) is 73.0 Å². The van der Waals surface area contributed by atoms with E-state index >= 15 is 0 Å². The fourth-order valence-electron chi connectivity index (χ4n) is 2.06. The van der Waals surface area contributed by atoms with E-state index in [-0.39, 0.29) is 10.6 Å². The van der Waals surface area contributed by atoms with Crippen molar-refractivity contribution in [3.05, 3.63) is 51.8 Å². The van der Waals surface area contributed by atoms with Crippen LogP contribution in [0.3, 0.4) is 0 Å². The van der Waals surface area contributed by atoms with E-state index in [2.05, 4.69) is 17.3 Å². The van der Waals surface area contributed by atoms with Crippen LogP contribution in [0.1, 0.15) is 24.6 Å². The van der Waals surface area contributed by atoms with E-state index in [9.17, 15) is 10.1 Å². The molecular formula is C14H18N4O2. The number of nitro benzene ring substituents is 1. The number of nitro groups is 1. The lowest BCUT2D eigenvalue weighted by Gasteiger charge is -2.10. The van der Waals surface area contributed by atoms with Gasteiger partial charge in [-0.3, -0.25) is 14.8 Å². The van der Waals surface area contributed by atoms with Gasteiger partial charge >= 0.3 is 0 Å². The number of hydrogen-bond donors (Lipinski definition) is 1. The molecule has 6 heteroatoms. The Morgan fingerprint density at radius 3 is 2.90 bits per heavy atom. The van der Waals surface area contributed by atoms with Crippen molar-refractivity contribution in [2.75, 3.05) is 5.32 Å². The number of anilines is 1. The SMILES string of the molecule is CCCn1nccc1CNc1cc(C)ccc1[N+](=O)[O-]. The fourth-order valence-corrected chi connectivity index (χ4v) is 2.06. The molecule has 0 fully saturated rings. The summed E-state index contributed by atoms with van der Waals surface area (Å²) in [6.07, 6.45) is 2.75. The minimum atomic E-state index is -0.370. The first-order valence-corrected chi connectivity index (χ1v) is 6.61. The molecular weight excluding hydrogens is 256 g/mol. The van der Waals surface area contributed by atoms with Crippen molar-refractivity contribution in [3.63, 3.8) is 0 Å². The molecule has 0 bridgehead atoms. The molecule has 0 unspecified atom stereocenters. The van der Waals surface area contributed by atoms with E-state index in [4.69, 9.17) is 0 Å². The molecule has 0 aliphatic rings. The molecule has 106 valence electrons. The molecule has 0 aliphatic carbocycles. The van der Waals surface area contributed by atoms with Crippen molar-refractivity contribution in [1.82, 2.24) is 9.78 Å². The lowest BCUT2D eigenvalue weighted by atomic mass is 10.2. The van der Waals surface area contributed by atoms with Gasteiger partial charge in [-0.05, 0) is 31.0 Å². The van der Waals surface area contributed by atoms with Gasteiger partial charge in [0.25, 0.3) is 5.69 Å². The fraction of sp³-hybridized carbons (Fsp3) is 0.357. The Hall–Kier alpha value is -2.37. The van der Waals surface area contributed by atoms with Crippen LogP contribution in [0, 0.1) is 17.0 Å². The van der Waals surface area contributed by atoms with Gasteiger partial charge in [-0.15, -0.1) is 0 Å². The molecule has 2 rings (SSSR count). The lowest BCUT2D eigenvalue weighted by Crippen LogP contribution is -2.09. The maximum Gasteiger partial charge on any atom is 0.292 e. The molecule has 20 heavy (non-hydrogen) atoms. The first kappa shape index (κ1) is 14.0. The summed E-state index contributed by atoms with van der Waals surface area (Å²) in [5.74, 6) is 0. The molecule has 0 spiro atoms. The van der Waals surface area contributed by atoms with Crippen LogP contribution < -0.4 is 5.32 Å². The average molecular weight is 274 g/mol. The number of hydrogen-bond acceptors (Lipinski definition) is 4. The minimum Gasteiger partial charge on any atom is -0.374 e. The maximum absolute atomic E-state index is 11.0. The molecule has 0 amide bonds. The Morgan fingerprint density at radius 1 is 1.40 bits per heavy atom. The second-order valence-electron chi connectivity index (χ2n) is 4.68. The van der Waals surface area contributed by atoms with Crippen LogP contribution in [0.25, 0.3) is 0 Å². The van der Waals surface area contributed by atoms with E-state index in [1.54, 1.807) is 18.3 Å². The van der Waals surface area contributed by atoms with E-state index in [1.807, 2.05) is 17.7 Å². The third-order valence-electron chi connectivity index (χ3n) is 3.05. The van der Waals surface area contributed by atoms with Gasteiger partial charge < -0.3 is 5.32 Å². The lowest BCUT2D eigenvalue weighted by molar-refractivity contribution is -0.384. The summed E-state index contributed by atoms with van der Waals surface area (Å²) in [4.78, 5) is 10.6. The maximum atomic E-state index is 11.0. The van der Waals surface area contributed by atoms with Crippen molar-refractivity contribution in [3.8, 4) is 0 Å². The third-order valence-corrected chi connectivity index (χ3v) is 3.05. The largest absolute Gasteiger partial charge is 0.374 e. The molecule has 0 radical (unpaired) electrons. The molecule has 0 aliphatic heterocycles. The highest BCUT2D eigenvalue weighted by Crippen LogP contribution is 2.25. The molecule has 2 aromatic rings. The summed E-state index contributed by atoms with van der Waals surface area (Å²) in [5, 5.41) is 18.4. The van der Waals surface area contributed by atoms with Crippen molar-refractivity contribution < 1.29 is 4.92 Å². The second-order valence-corrected chi connectivity index (χ2v) is 4.68. The highest BCUT2D eigenvalue weighted by atomic mass is 16.6. The third kappa shape index (κ3) is 3.14. The Balaban J connectivity index is 2.16. The number of nitrogens with zero attached hydrogens (tertiary/aromatic N) is 3. The van der Waals surface area contributed by atoms with Crippen LogP contribution >= 0.6 is 0 Å². The van der Waals surface area contributed by atoms with E-state index in [1.165, 1.54) is 6.07 Å². The molecule has 0 atom stereocenters. The van der Waals surface area contributed by atoms with Gasteiger partial charge in [-0.25, -0.2) is 0 Å². The zero-order valence-corrected chi connectivity index (χ0v) is 11.7. The van der Waals surface area contributed by atoms with Crippen molar-refractivity contribution >= 4 is 11.4 Å². The molecule has 1 N–H and O–H groups in total. The van der Waals surface area contributed by atoms with Crippen molar-refractivity contribution in [1.29, 1.82) is 0 Å². The van der Waals surface area contributed by atoms with Crippen LogP contribution in [0.5, 0.6) is 0 Å². The standard InChI is InChI=1S/C14H18N4O2/c1-3-8-17-12(6-7-16-17)10-15-13-9-11(2)4-5-14(13)18(19)20/h4-7,9,15H,3,8,10H2,1-2H3. The van der Waals surface area contributed by atoms with Gasteiger partial charge in [0.05, 0.1) is 17.2 Å². The predicted octanol–water partition coefficient (Wildman–Crippen LogP) is 3.12. The molecule has 0 saturated heterocycles. The van der Waals surface area contributed by atoms with Crippen LogP contribution in [-0.4, -0.2) is 14.7 Å². The molecule has 1 aromatic carbocycles. The smallest absolute Gasteiger partial charge is 0.292 e. The van der Waals surface area contributed by atoms with Crippen LogP contribution in [-0.2, 0) is 13.1 Å². The zero-order valence-electron chi connectivity index (χ0n) is 11.7. The van der Waals surface area contributed by atoms with Gasteiger partial charge in [0, 0.05) is 18.8 Å². The number of rotatable bonds is 6. The second kappa shape index (κ2) is 6.18. The van der Waals surface area contributed by atoms with Crippen molar-refractivity contribution in [2.45, 2.75) is 33.4 Å². The highest BCUT2D eigenvalue weighted by molar-refractivity contribution is 5.62. The molecule has 1 heterocycles. The normalized spacial score (nSPS) is 10.5. The van der Waals surface area contributed by atoms with Gasteiger partial charge in [-0.2, -0.15) is 5.10 Å². The number of benzene rings is 1. The van der Waals surface area contributed by atoms with Gasteiger partial charge in [0.2, 0.25) is 0 Å². The summed E-state index contributed by atoms with van der Waals surface area (Å²) in [7, 11) is 0. The van der Waals surface area contributed by atoms with E-state index in [0.717, 1.165) is 24.2 Å². The summed E-state index contributed by atoms with van der Waals surface area (Å²) >= 11 is 0. The van der Waals surface area contributed by atoms with Crippen LogP contribution in [0.15, 0.2) is 30.5 Å². The summed E-state index contributed by atoms with van der Waals surface area (Å²) in [6, 6.07) is 6.98. The highest BCUT2D eigenvalue weighted by Gasteiger charge is 2.13. The first-order valence-electron chi connectivity index (χ1n) is 6.61. The van der Waals surface area contributed by atoms with Crippen LogP contribution in [0.2, 0.25) is 0 Å². The minimum absolute atomic E-state index is 0.0946. The average Bonchev–Trinajstić information content (AvgIpc) is 2.84. The molecule has 0 saturated carbocycles. The number of aryl methyl sites for hydroxylation is 2. The van der Waals surface area contributed by atoms with Crippen molar-refractivity contribution in [2.24, 2.45) is 0 Å². The predicted molar refractivity (Wildman–Crippen MR) is 77.7 cm³/mol. The monoisotopic (exact) mass is 274 g/mol. The van der Waals surface area contributed by atoms with Gasteiger partial charge in [0.1, 0.15) is 5.69 Å². The Bertz CT molecular complexity index is 607. The summed E-state index contributed by atoms with van der Waals surface area (Å²) in [6.45, 7) is 5.37. The Kier molecular flexibility index (Phi) is 4.34.